The summed E-state index contributed by atoms with van der Waals surface area (Å²) in [5, 5.41) is 7.39. The first kappa shape index (κ1) is 17.8. The highest BCUT2D eigenvalue weighted by molar-refractivity contribution is 7.89. The summed E-state index contributed by atoms with van der Waals surface area (Å²) in [4.78, 5) is 29.5. The molecule has 0 bridgehead atoms. The lowest BCUT2D eigenvalue weighted by Gasteiger charge is -2.07. The van der Waals surface area contributed by atoms with Gasteiger partial charge >= 0.3 is 0 Å². The molecule has 0 atom stereocenters. The zero-order valence-electron chi connectivity index (χ0n) is 12.7. The fourth-order valence-corrected chi connectivity index (χ4v) is 2.54. The molecule has 0 saturated carbocycles. The minimum atomic E-state index is -4.05. The first-order chi connectivity index (χ1) is 11.2. The summed E-state index contributed by atoms with van der Waals surface area (Å²) in [7, 11) is -4.05. The average Bonchev–Trinajstić information content (AvgIpc) is 2.45. The number of hydrogen-bond acceptors (Lipinski definition) is 5. The van der Waals surface area contributed by atoms with Crippen LogP contribution in [0, 0.1) is 12.7 Å². The van der Waals surface area contributed by atoms with Crippen molar-refractivity contribution < 1.29 is 17.6 Å². The van der Waals surface area contributed by atoms with Crippen LogP contribution in [0.4, 0.5) is 4.39 Å². The second-order valence-electron chi connectivity index (χ2n) is 5.03. The molecule has 2 aromatic rings. The zero-order chi connectivity index (χ0) is 17.9. The third-order valence-electron chi connectivity index (χ3n) is 3.08. The summed E-state index contributed by atoms with van der Waals surface area (Å²) in [6.45, 7) is 1.73. The molecule has 0 spiro atoms. The third kappa shape index (κ3) is 4.46. The number of amides is 1. The Kier molecular flexibility index (Phi) is 5.10. The van der Waals surface area contributed by atoms with Gasteiger partial charge in [0.25, 0.3) is 11.5 Å². The Labute approximate surface area is 137 Å². The number of primary sulfonamides is 1. The number of carbonyl (C=O) groups excluding carboxylic acids is 1. The molecular formula is C14H15FN4O4S. The van der Waals surface area contributed by atoms with Crippen molar-refractivity contribution in [3.8, 4) is 0 Å². The van der Waals surface area contributed by atoms with Gasteiger partial charge in [0.05, 0.1) is 10.5 Å². The van der Waals surface area contributed by atoms with Gasteiger partial charge < -0.3 is 10.3 Å². The number of benzene rings is 1. The molecule has 0 fully saturated rings. The van der Waals surface area contributed by atoms with Gasteiger partial charge in [-0.3, -0.25) is 9.59 Å². The van der Waals surface area contributed by atoms with Crippen molar-refractivity contribution in [1.82, 2.24) is 15.3 Å². The van der Waals surface area contributed by atoms with Gasteiger partial charge in [-0.05, 0) is 25.1 Å². The minimum absolute atomic E-state index is 0.0737. The van der Waals surface area contributed by atoms with Crippen LogP contribution in [0.2, 0.25) is 0 Å². The van der Waals surface area contributed by atoms with Crippen molar-refractivity contribution in [3.05, 3.63) is 57.5 Å². The van der Waals surface area contributed by atoms with Gasteiger partial charge in [-0.15, -0.1) is 0 Å². The number of aromatic nitrogens is 2. The molecule has 2 rings (SSSR count). The van der Waals surface area contributed by atoms with Crippen molar-refractivity contribution in [1.29, 1.82) is 0 Å². The number of halogens is 1. The summed E-state index contributed by atoms with van der Waals surface area (Å²) in [5.74, 6) is -1.30. The number of nitrogens with two attached hydrogens (primary N) is 1. The van der Waals surface area contributed by atoms with Crippen LogP contribution in [-0.4, -0.2) is 30.8 Å². The Morgan fingerprint density at radius 3 is 2.71 bits per heavy atom. The lowest BCUT2D eigenvalue weighted by atomic mass is 10.2. The number of aromatic amines is 1. The van der Waals surface area contributed by atoms with E-state index in [4.69, 9.17) is 5.14 Å². The van der Waals surface area contributed by atoms with Crippen molar-refractivity contribution >= 4 is 15.9 Å². The van der Waals surface area contributed by atoms with Crippen LogP contribution >= 0.6 is 0 Å². The average molecular weight is 354 g/mol. The summed E-state index contributed by atoms with van der Waals surface area (Å²) >= 11 is 0. The molecule has 0 saturated heterocycles. The Bertz CT molecular complexity index is 940. The molecule has 0 aliphatic rings. The van der Waals surface area contributed by atoms with Gasteiger partial charge in [-0.2, -0.15) is 0 Å². The number of rotatable bonds is 5. The Morgan fingerprint density at radius 1 is 1.38 bits per heavy atom. The van der Waals surface area contributed by atoms with Crippen LogP contribution in [0.1, 0.15) is 21.9 Å². The maximum atomic E-state index is 13.7. The number of hydrogen-bond donors (Lipinski definition) is 3. The predicted molar refractivity (Wildman–Crippen MR) is 83.4 cm³/mol. The molecule has 0 aliphatic heterocycles. The smallest absolute Gasteiger partial charge is 0.254 e. The quantitative estimate of drug-likeness (QED) is 0.685. The lowest BCUT2D eigenvalue weighted by Crippen LogP contribution is -2.28. The molecule has 0 unspecified atom stereocenters. The zero-order valence-corrected chi connectivity index (χ0v) is 13.5. The largest absolute Gasteiger partial charge is 0.351 e. The van der Waals surface area contributed by atoms with Gasteiger partial charge in [-0.1, -0.05) is 0 Å². The van der Waals surface area contributed by atoms with E-state index in [0.717, 1.165) is 18.2 Å². The van der Waals surface area contributed by atoms with Gasteiger partial charge in [0, 0.05) is 24.7 Å². The maximum absolute atomic E-state index is 13.7. The molecular weight excluding hydrogens is 339 g/mol. The fourth-order valence-electron chi connectivity index (χ4n) is 2.00. The van der Waals surface area contributed by atoms with Gasteiger partial charge in [0.2, 0.25) is 10.0 Å². The SMILES string of the molecule is Cc1cc(=O)[nH]c(CCNC(=O)c2cc(S(N)(=O)=O)ccc2F)n1. The first-order valence-electron chi connectivity index (χ1n) is 6.84. The monoisotopic (exact) mass is 354 g/mol. The first-order valence-corrected chi connectivity index (χ1v) is 8.39. The van der Waals surface area contributed by atoms with Crippen molar-refractivity contribution in [2.75, 3.05) is 6.54 Å². The van der Waals surface area contributed by atoms with Crippen LogP contribution in [0.25, 0.3) is 0 Å². The molecule has 1 aromatic heterocycles. The highest BCUT2D eigenvalue weighted by Crippen LogP contribution is 2.14. The number of nitrogens with zero attached hydrogens (tertiary/aromatic N) is 1. The van der Waals surface area contributed by atoms with E-state index < -0.39 is 27.3 Å². The second-order valence-corrected chi connectivity index (χ2v) is 6.59. The molecule has 1 aromatic carbocycles. The maximum Gasteiger partial charge on any atom is 0.254 e. The summed E-state index contributed by atoms with van der Waals surface area (Å²) in [6.07, 6.45) is 0.221. The second kappa shape index (κ2) is 6.89. The normalized spacial score (nSPS) is 11.3. The Morgan fingerprint density at radius 2 is 2.08 bits per heavy atom. The van der Waals surface area contributed by atoms with Crippen LogP contribution in [0.15, 0.2) is 34.0 Å². The number of carbonyl (C=O) groups is 1. The van der Waals surface area contributed by atoms with Gasteiger partial charge in [0.1, 0.15) is 11.6 Å². The van der Waals surface area contributed by atoms with Crippen LogP contribution < -0.4 is 16.0 Å². The van der Waals surface area contributed by atoms with E-state index in [1.54, 1.807) is 6.92 Å². The van der Waals surface area contributed by atoms with Crippen LogP contribution in [0.5, 0.6) is 0 Å². The molecule has 128 valence electrons. The van der Waals surface area contributed by atoms with E-state index in [1.807, 2.05) is 0 Å². The standard InChI is InChI=1S/C14H15FN4O4S/c1-8-6-13(20)19-12(18-8)4-5-17-14(21)10-7-9(24(16,22)23)2-3-11(10)15/h2-3,6-7H,4-5H2,1H3,(H,17,21)(H2,16,22,23)(H,18,19,20). The molecule has 1 amide bonds. The molecule has 24 heavy (non-hydrogen) atoms. The van der Waals surface area contributed by atoms with Crippen LogP contribution in [-0.2, 0) is 16.4 Å². The van der Waals surface area contributed by atoms with Crippen molar-refractivity contribution in [3.63, 3.8) is 0 Å². The topological polar surface area (TPSA) is 135 Å². The highest BCUT2D eigenvalue weighted by Gasteiger charge is 2.16. The van der Waals surface area contributed by atoms with E-state index >= 15 is 0 Å². The highest BCUT2D eigenvalue weighted by atomic mass is 32.2. The van der Waals surface area contributed by atoms with Gasteiger partial charge in [-0.25, -0.2) is 22.9 Å². The summed E-state index contributed by atoms with van der Waals surface area (Å²) < 4.78 is 36.2. The summed E-state index contributed by atoms with van der Waals surface area (Å²) in [6, 6.07) is 4.03. The molecule has 10 heteroatoms. The number of sulfonamides is 1. The third-order valence-corrected chi connectivity index (χ3v) is 3.99. The molecule has 0 aliphatic carbocycles. The predicted octanol–water partition coefficient (Wildman–Crippen LogP) is -0.163. The Hall–Kier alpha value is -2.59. The van der Waals surface area contributed by atoms with E-state index in [-0.39, 0.29) is 23.4 Å². The molecule has 4 N–H and O–H groups in total. The van der Waals surface area contributed by atoms with E-state index in [2.05, 4.69) is 15.3 Å². The van der Waals surface area contributed by atoms with E-state index in [1.165, 1.54) is 6.07 Å². The molecule has 8 nitrogen and oxygen atoms in total. The Balaban J connectivity index is 2.09. The minimum Gasteiger partial charge on any atom is -0.351 e. The number of aryl methyl sites for hydroxylation is 1. The number of H-pyrrole nitrogens is 1. The van der Waals surface area contributed by atoms with Gasteiger partial charge in [0.15, 0.2) is 0 Å². The van der Waals surface area contributed by atoms with Crippen molar-refractivity contribution in [2.24, 2.45) is 5.14 Å². The summed E-state index contributed by atoms with van der Waals surface area (Å²) in [5.41, 5.74) is -0.213. The van der Waals surface area contributed by atoms with Crippen molar-refractivity contribution in [2.45, 2.75) is 18.2 Å². The van der Waals surface area contributed by atoms with E-state index in [0.29, 0.717) is 11.5 Å². The van der Waals surface area contributed by atoms with E-state index in [9.17, 15) is 22.4 Å². The van der Waals surface area contributed by atoms with Crippen LogP contribution in [0.3, 0.4) is 0 Å². The lowest BCUT2D eigenvalue weighted by molar-refractivity contribution is 0.0949. The number of nitrogens with one attached hydrogen (secondary N) is 2. The fraction of sp³-hybridized carbons (Fsp3) is 0.214. The molecule has 0 radical (unpaired) electrons. The molecule has 1 heterocycles.